The topological polar surface area (TPSA) is 69.6 Å². The molecule has 2 spiro atoms. The van der Waals surface area contributed by atoms with E-state index in [0.717, 1.165) is 49.0 Å². The quantitative estimate of drug-likeness (QED) is 0.728. The Balaban J connectivity index is 1.41. The Morgan fingerprint density at radius 2 is 1.59 bits per heavy atom. The van der Waals surface area contributed by atoms with E-state index in [2.05, 4.69) is 20.9 Å². The number of carbonyl (C=O) groups excluding carboxylic acids is 2. The number of piperidine rings is 1. The van der Waals surface area contributed by atoms with E-state index in [0.29, 0.717) is 25.6 Å². The van der Waals surface area contributed by atoms with E-state index < -0.39 is 5.41 Å². The normalized spacial score (nSPS) is 24.7. The highest BCUT2D eigenvalue weighted by molar-refractivity contribution is 5.95. The molecule has 7 nitrogen and oxygen atoms in total. The second-order valence-corrected chi connectivity index (χ2v) is 9.91. The fraction of sp³-hybridized carbons (Fsp3) is 0.520. The maximum absolute atomic E-state index is 13.5. The Morgan fingerprint density at radius 3 is 2.19 bits per heavy atom. The van der Waals surface area contributed by atoms with Crippen molar-refractivity contribution in [3.05, 3.63) is 53.3 Å². The van der Waals surface area contributed by atoms with E-state index >= 15 is 0 Å². The summed E-state index contributed by atoms with van der Waals surface area (Å²) in [5.74, 6) is 1.03. The van der Waals surface area contributed by atoms with Gasteiger partial charge in [-0.05, 0) is 51.3 Å². The third kappa shape index (κ3) is 3.17. The van der Waals surface area contributed by atoms with Gasteiger partial charge in [-0.25, -0.2) is 9.97 Å². The van der Waals surface area contributed by atoms with E-state index in [4.69, 9.17) is 0 Å². The fourth-order valence-electron chi connectivity index (χ4n) is 6.29. The van der Waals surface area contributed by atoms with Crippen LogP contribution in [0.25, 0.3) is 0 Å². The Morgan fingerprint density at radius 1 is 0.938 bits per heavy atom. The second kappa shape index (κ2) is 7.57. The molecule has 3 saturated heterocycles. The number of aromatic nitrogens is 2. The van der Waals surface area contributed by atoms with Crippen molar-refractivity contribution in [2.75, 3.05) is 44.7 Å². The molecule has 4 heterocycles. The molecule has 0 N–H and O–H groups in total. The lowest BCUT2D eigenvalue weighted by molar-refractivity contribution is -0.140. The molecule has 0 saturated carbocycles. The highest BCUT2D eigenvalue weighted by Gasteiger charge is 2.65. The smallest absolute Gasteiger partial charge is 0.253 e. The highest BCUT2D eigenvalue weighted by atomic mass is 16.2. The molecule has 2 amide bonds. The van der Waals surface area contributed by atoms with Crippen LogP contribution in [0.1, 0.15) is 40.7 Å². The Labute approximate surface area is 189 Å². The highest BCUT2D eigenvalue weighted by Crippen LogP contribution is 2.58. The minimum absolute atomic E-state index is 0.0943. The van der Waals surface area contributed by atoms with Crippen molar-refractivity contribution in [1.82, 2.24) is 19.8 Å². The van der Waals surface area contributed by atoms with E-state index in [9.17, 15) is 9.59 Å². The zero-order valence-corrected chi connectivity index (χ0v) is 19.2. The van der Waals surface area contributed by atoms with E-state index in [1.165, 1.54) is 0 Å². The number of fused-ring (bicyclic) bond motifs is 1. The lowest BCUT2D eigenvalue weighted by atomic mass is 9.60. The van der Waals surface area contributed by atoms with Gasteiger partial charge in [0, 0.05) is 63.1 Å². The third-order valence-electron chi connectivity index (χ3n) is 7.91. The summed E-state index contributed by atoms with van der Waals surface area (Å²) < 4.78 is 0. The minimum atomic E-state index is -0.421. The summed E-state index contributed by atoms with van der Waals surface area (Å²) in [6, 6.07) is 7.85. The van der Waals surface area contributed by atoms with Crippen molar-refractivity contribution in [3.63, 3.8) is 0 Å². The summed E-state index contributed by atoms with van der Waals surface area (Å²) >= 11 is 0. The maximum Gasteiger partial charge on any atom is 0.253 e. The van der Waals surface area contributed by atoms with Crippen molar-refractivity contribution >= 4 is 17.8 Å². The molecule has 7 heteroatoms. The van der Waals surface area contributed by atoms with Crippen molar-refractivity contribution in [1.29, 1.82) is 0 Å². The average Bonchev–Trinajstić information content (AvgIpc) is 3.26. The van der Waals surface area contributed by atoms with Crippen molar-refractivity contribution < 1.29 is 9.59 Å². The van der Waals surface area contributed by atoms with Crippen LogP contribution in [0.2, 0.25) is 0 Å². The molecule has 0 bridgehead atoms. The van der Waals surface area contributed by atoms with Gasteiger partial charge in [-0.1, -0.05) is 17.2 Å². The summed E-state index contributed by atoms with van der Waals surface area (Å²) in [6.07, 6.45) is 6.02. The van der Waals surface area contributed by atoms with Gasteiger partial charge in [0.25, 0.3) is 5.91 Å². The number of aryl methyl sites for hydroxylation is 2. The molecule has 2 aromatic rings. The number of anilines is 1. The van der Waals surface area contributed by atoms with Crippen LogP contribution in [0.5, 0.6) is 0 Å². The number of hydrogen-bond donors (Lipinski definition) is 0. The van der Waals surface area contributed by atoms with Crippen molar-refractivity contribution in [3.8, 4) is 0 Å². The first kappa shape index (κ1) is 20.9. The van der Waals surface area contributed by atoms with E-state index in [-0.39, 0.29) is 17.2 Å². The van der Waals surface area contributed by atoms with Crippen LogP contribution in [-0.2, 0) is 4.79 Å². The predicted octanol–water partition coefficient (Wildman–Crippen LogP) is 2.68. The van der Waals surface area contributed by atoms with Crippen molar-refractivity contribution in [2.45, 2.75) is 33.1 Å². The first-order valence-electron chi connectivity index (χ1n) is 11.5. The standard InChI is InChI=1S/C25H31N5O2/c1-18-13-19(2)15-20(14-18)21(31)29-11-5-24(6-12-29)16-30(23-26-8-4-9-27-23)17-25(24)7-10-28(3)22(25)32/h4,8-9,13-15H,5-7,10-12,16-17H2,1-3H3. The Kier molecular flexibility index (Phi) is 4.95. The monoisotopic (exact) mass is 433 g/mol. The van der Waals surface area contributed by atoms with Crippen LogP contribution < -0.4 is 4.90 Å². The molecule has 1 aromatic carbocycles. The molecule has 1 aromatic heterocycles. The second-order valence-electron chi connectivity index (χ2n) is 9.91. The van der Waals surface area contributed by atoms with Gasteiger partial charge in [0.15, 0.2) is 0 Å². The summed E-state index contributed by atoms with van der Waals surface area (Å²) in [5, 5.41) is 0. The van der Waals surface area contributed by atoms with Crippen LogP contribution >= 0.6 is 0 Å². The molecular weight excluding hydrogens is 402 g/mol. The van der Waals surface area contributed by atoms with Gasteiger partial charge in [-0.15, -0.1) is 0 Å². The van der Waals surface area contributed by atoms with Gasteiger partial charge < -0.3 is 14.7 Å². The predicted molar refractivity (Wildman–Crippen MR) is 122 cm³/mol. The molecule has 3 aliphatic rings. The molecule has 0 radical (unpaired) electrons. The Hall–Kier alpha value is -2.96. The number of likely N-dealkylation sites (tertiary alicyclic amines) is 2. The number of carbonyl (C=O) groups is 2. The summed E-state index contributed by atoms with van der Waals surface area (Å²) in [7, 11) is 1.91. The molecule has 5 rings (SSSR count). The largest absolute Gasteiger partial charge is 0.345 e. The van der Waals surface area contributed by atoms with Gasteiger partial charge in [-0.2, -0.15) is 0 Å². The number of rotatable bonds is 2. The molecule has 1 unspecified atom stereocenters. The van der Waals surface area contributed by atoms with E-state index in [1.807, 2.05) is 48.9 Å². The van der Waals surface area contributed by atoms with Crippen LogP contribution in [0.15, 0.2) is 36.7 Å². The number of amides is 2. The summed E-state index contributed by atoms with van der Waals surface area (Å²) in [6.45, 7) is 7.62. The summed E-state index contributed by atoms with van der Waals surface area (Å²) in [5.41, 5.74) is 2.39. The zero-order chi connectivity index (χ0) is 22.5. The molecule has 168 valence electrons. The van der Waals surface area contributed by atoms with Crippen molar-refractivity contribution in [2.24, 2.45) is 10.8 Å². The zero-order valence-electron chi connectivity index (χ0n) is 19.2. The SMILES string of the molecule is Cc1cc(C)cc(C(=O)N2CCC3(CC2)CN(c2ncccn2)CC32CCN(C)C2=O)c1. The summed E-state index contributed by atoms with van der Waals surface area (Å²) in [4.78, 5) is 41.7. The van der Waals surface area contributed by atoms with Gasteiger partial charge in [0.2, 0.25) is 11.9 Å². The third-order valence-corrected chi connectivity index (χ3v) is 7.91. The van der Waals surface area contributed by atoms with E-state index in [1.54, 1.807) is 12.4 Å². The molecular formula is C25H31N5O2. The average molecular weight is 434 g/mol. The van der Waals surface area contributed by atoms with Gasteiger partial charge in [-0.3, -0.25) is 9.59 Å². The van der Waals surface area contributed by atoms with Crippen LogP contribution in [-0.4, -0.2) is 71.4 Å². The van der Waals surface area contributed by atoms with Gasteiger partial charge in [0.05, 0.1) is 5.41 Å². The van der Waals surface area contributed by atoms with Gasteiger partial charge >= 0.3 is 0 Å². The van der Waals surface area contributed by atoms with Gasteiger partial charge in [0.1, 0.15) is 0 Å². The molecule has 3 fully saturated rings. The van der Waals surface area contributed by atoms with Crippen LogP contribution in [0.4, 0.5) is 5.95 Å². The molecule has 1 atom stereocenters. The maximum atomic E-state index is 13.5. The number of hydrogen-bond acceptors (Lipinski definition) is 5. The van der Waals surface area contributed by atoms with Crippen LogP contribution in [0, 0.1) is 24.7 Å². The number of nitrogens with zero attached hydrogens (tertiary/aromatic N) is 5. The molecule has 3 aliphatic heterocycles. The van der Waals surface area contributed by atoms with Crippen LogP contribution in [0.3, 0.4) is 0 Å². The first-order valence-corrected chi connectivity index (χ1v) is 11.5. The molecule has 0 aliphatic carbocycles. The lowest BCUT2D eigenvalue weighted by Crippen LogP contribution is -2.53. The lowest BCUT2D eigenvalue weighted by Gasteiger charge is -2.46. The Bertz CT molecular complexity index is 1030. The molecule has 32 heavy (non-hydrogen) atoms. The number of benzene rings is 1. The minimum Gasteiger partial charge on any atom is -0.345 e. The fourth-order valence-corrected chi connectivity index (χ4v) is 6.29. The first-order chi connectivity index (χ1) is 15.3.